The van der Waals surface area contributed by atoms with Gasteiger partial charge in [0, 0.05) is 13.1 Å². The molecule has 1 fully saturated rings. The fourth-order valence-electron chi connectivity index (χ4n) is 4.60. The lowest BCUT2D eigenvalue weighted by atomic mass is 9.77. The van der Waals surface area contributed by atoms with E-state index in [4.69, 9.17) is 4.74 Å². The highest BCUT2D eigenvalue weighted by Gasteiger charge is 2.36. The molecule has 0 saturated heterocycles. The van der Waals surface area contributed by atoms with Gasteiger partial charge in [-0.25, -0.2) is 8.78 Å². The topological polar surface area (TPSA) is 61.8 Å². The Morgan fingerprint density at radius 1 is 1.31 bits per heavy atom. The summed E-state index contributed by atoms with van der Waals surface area (Å²) in [6.45, 7) is 2.26. The van der Waals surface area contributed by atoms with Crippen LogP contribution in [0.2, 0.25) is 0 Å². The highest BCUT2D eigenvalue weighted by atomic mass is 19.3. The van der Waals surface area contributed by atoms with Gasteiger partial charge < -0.3 is 20.1 Å². The van der Waals surface area contributed by atoms with Crippen molar-refractivity contribution in [2.24, 2.45) is 5.92 Å². The summed E-state index contributed by atoms with van der Waals surface area (Å²) in [4.78, 5) is 14.9. The second-order valence-electron chi connectivity index (χ2n) is 8.22. The van der Waals surface area contributed by atoms with Crippen molar-refractivity contribution in [2.75, 3.05) is 26.2 Å². The monoisotopic (exact) mass is 410 g/mol. The highest BCUT2D eigenvalue weighted by molar-refractivity contribution is 5.79. The first-order valence-corrected chi connectivity index (χ1v) is 10.7. The molecule has 2 unspecified atom stereocenters. The summed E-state index contributed by atoms with van der Waals surface area (Å²) in [6.07, 6.45) is 3.38. The van der Waals surface area contributed by atoms with Crippen LogP contribution in [0.4, 0.5) is 8.78 Å². The summed E-state index contributed by atoms with van der Waals surface area (Å²) >= 11 is 0. The molecule has 1 saturated carbocycles. The Bertz CT molecular complexity index is 678. The minimum Gasteiger partial charge on any atom is -0.488 e. The van der Waals surface area contributed by atoms with Gasteiger partial charge in [0.05, 0.1) is 18.7 Å². The molecule has 1 heterocycles. The van der Waals surface area contributed by atoms with Crippen LogP contribution in [0.3, 0.4) is 0 Å². The summed E-state index contributed by atoms with van der Waals surface area (Å²) in [6, 6.07) is 5.52. The Kier molecular flexibility index (Phi) is 7.84. The lowest BCUT2D eigenvalue weighted by molar-refractivity contribution is -0.134. The van der Waals surface area contributed by atoms with Crippen molar-refractivity contribution in [3.05, 3.63) is 29.3 Å². The molecule has 162 valence electrons. The van der Waals surface area contributed by atoms with E-state index in [-0.39, 0.29) is 18.5 Å². The predicted molar refractivity (Wildman–Crippen MR) is 107 cm³/mol. The molecule has 1 aromatic carbocycles. The number of fused-ring (bicyclic) bond motifs is 1. The van der Waals surface area contributed by atoms with E-state index in [0.717, 1.165) is 37.7 Å². The summed E-state index contributed by atoms with van der Waals surface area (Å²) in [5, 5.41) is 12.5. The normalized spacial score (nSPS) is 21.1. The molecule has 0 radical (unpaired) electrons. The molecule has 0 bridgehead atoms. The lowest BCUT2D eigenvalue weighted by Crippen LogP contribution is -2.47. The molecule has 7 heteroatoms. The smallest absolute Gasteiger partial charge is 0.272 e. The first-order valence-electron chi connectivity index (χ1n) is 10.7. The van der Waals surface area contributed by atoms with Gasteiger partial charge >= 0.3 is 0 Å². The number of nitrogens with one attached hydrogen (secondary N) is 1. The van der Waals surface area contributed by atoms with E-state index >= 15 is 0 Å². The van der Waals surface area contributed by atoms with Crippen LogP contribution in [-0.4, -0.2) is 54.7 Å². The van der Waals surface area contributed by atoms with Crippen molar-refractivity contribution in [3.63, 3.8) is 0 Å². The third-order valence-electron chi connectivity index (χ3n) is 5.90. The molecule has 5 nitrogen and oxygen atoms in total. The Balaban J connectivity index is 1.83. The highest BCUT2D eigenvalue weighted by Crippen LogP contribution is 2.43. The van der Waals surface area contributed by atoms with Crippen LogP contribution in [0, 0.1) is 5.92 Å². The van der Waals surface area contributed by atoms with Crippen LogP contribution < -0.4 is 10.1 Å². The van der Waals surface area contributed by atoms with Crippen molar-refractivity contribution >= 4 is 5.91 Å². The van der Waals surface area contributed by atoms with Crippen molar-refractivity contribution in [2.45, 2.75) is 64.0 Å². The average molecular weight is 411 g/mol. The molecule has 2 N–H and O–H groups in total. The van der Waals surface area contributed by atoms with Crippen molar-refractivity contribution in [1.82, 2.24) is 10.2 Å². The van der Waals surface area contributed by atoms with Crippen LogP contribution in [0.1, 0.15) is 56.2 Å². The van der Waals surface area contributed by atoms with Gasteiger partial charge in [-0.15, -0.1) is 0 Å². The molecule has 29 heavy (non-hydrogen) atoms. The van der Waals surface area contributed by atoms with E-state index in [1.54, 1.807) is 13.0 Å². The number of aliphatic hydroxyl groups excluding tert-OH is 1. The zero-order valence-corrected chi connectivity index (χ0v) is 17.1. The largest absolute Gasteiger partial charge is 0.488 e. The molecule has 1 amide bonds. The zero-order valence-electron chi connectivity index (χ0n) is 17.1. The van der Waals surface area contributed by atoms with Crippen LogP contribution in [0.15, 0.2) is 18.2 Å². The number of ether oxygens (including phenoxy) is 1. The van der Waals surface area contributed by atoms with Gasteiger partial charge in [-0.2, -0.15) is 0 Å². The Morgan fingerprint density at radius 2 is 2.07 bits per heavy atom. The van der Waals surface area contributed by atoms with E-state index in [1.807, 2.05) is 17.0 Å². The SMILES string of the molecule is CC(O)CNCC(=O)N1CCc2ccc(OCC(F)F)cc2C1C1CCCCC1. The molecule has 1 aromatic rings. The minimum atomic E-state index is -2.52. The van der Waals surface area contributed by atoms with Crippen molar-refractivity contribution in [3.8, 4) is 5.75 Å². The Labute approximate surface area is 171 Å². The Hall–Kier alpha value is -1.73. The Morgan fingerprint density at radius 3 is 2.76 bits per heavy atom. The predicted octanol–water partition coefficient (Wildman–Crippen LogP) is 3.31. The molecular formula is C22H32F2N2O3. The number of rotatable bonds is 8. The van der Waals surface area contributed by atoms with Gasteiger partial charge in [0.1, 0.15) is 12.4 Å². The maximum absolute atomic E-state index is 13.0. The van der Waals surface area contributed by atoms with Gasteiger partial charge in [-0.3, -0.25) is 4.79 Å². The van der Waals surface area contributed by atoms with Crippen LogP contribution in [0.5, 0.6) is 5.75 Å². The second-order valence-corrected chi connectivity index (χ2v) is 8.22. The summed E-state index contributed by atoms with van der Waals surface area (Å²) in [5.41, 5.74) is 2.21. The number of halogens is 2. The van der Waals surface area contributed by atoms with Crippen LogP contribution in [0.25, 0.3) is 0 Å². The van der Waals surface area contributed by atoms with Gasteiger partial charge in [0.15, 0.2) is 0 Å². The van der Waals surface area contributed by atoms with Crippen LogP contribution >= 0.6 is 0 Å². The minimum absolute atomic E-state index is 0.0192. The second kappa shape index (κ2) is 10.3. The van der Waals surface area contributed by atoms with E-state index in [2.05, 4.69) is 5.32 Å². The number of hydrogen-bond acceptors (Lipinski definition) is 4. The number of amides is 1. The van der Waals surface area contributed by atoms with E-state index in [1.165, 1.54) is 12.0 Å². The quantitative estimate of drug-likeness (QED) is 0.690. The van der Waals surface area contributed by atoms with E-state index in [0.29, 0.717) is 24.8 Å². The number of benzene rings is 1. The molecular weight excluding hydrogens is 378 g/mol. The third kappa shape index (κ3) is 5.89. The molecule has 0 spiro atoms. The van der Waals surface area contributed by atoms with Crippen molar-refractivity contribution < 1.29 is 23.4 Å². The van der Waals surface area contributed by atoms with Gasteiger partial charge in [-0.05, 0) is 55.4 Å². The van der Waals surface area contributed by atoms with Crippen LogP contribution in [-0.2, 0) is 11.2 Å². The molecule has 3 rings (SSSR count). The first kappa shape index (κ1) is 22.0. The molecule has 1 aliphatic heterocycles. The fraction of sp³-hybridized carbons (Fsp3) is 0.682. The van der Waals surface area contributed by atoms with Gasteiger partial charge in [0.2, 0.25) is 5.91 Å². The van der Waals surface area contributed by atoms with Gasteiger partial charge in [0.25, 0.3) is 6.43 Å². The number of carbonyl (C=O) groups excluding carboxylic acids is 1. The number of carbonyl (C=O) groups is 1. The summed E-state index contributed by atoms with van der Waals surface area (Å²) in [7, 11) is 0. The fourth-order valence-corrected chi connectivity index (χ4v) is 4.60. The number of hydrogen-bond donors (Lipinski definition) is 2. The maximum Gasteiger partial charge on any atom is 0.272 e. The number of nitrogens with zero attached hydrogens (tertiary/aromatic N) is 1. The lowest BCUT2D eigenvalue weighted by Gasteiger charge is -2.43. The van der Waals surface area contributed by atoms with Crippen molar-refractivity contribution in [1.29, 1.82) is 0 Å². The standard InChI is InChI=1S/C22H32F2N2O3/c1-15(27)12-25-13-21(28)26-10-9-16-7-8-18(29-14-20(23)24)11-19(16)22(26)17-5-3-2-4-6-17/h7-8,11,15,17,20,22,25,27H,2-6,9-10,12-14H2,1H3. The maximum atomic E-state index is 13.0. The summed E-state index contributed by atoms with van der Waals surface area (Å²) < 4.78 is 30.4. The van der Waals surface area contributed by atoms with E-state index < -0.39 is 19.1 Å². The first-order chi connectivity index (χ1) is 14.0. The third-order valence-corrected chi connectivity index (χ3v) is 5.90. The molecule has 1 aliphatic carbocycles. The number of aliphatic hydroxyl groups is 1. The molecule has 2 aliphatic rings. The number of alkyl halides is 2. The molecule has 2 atom stereocenters. The summed E-state index contributed by atoms with van der Waals surface area (Å²) in [5.74, 6) is 0.825. The zero-order chi connectivity index (χ0) is 20.8. The average Bonchev–Trinajstić information content (AvgIpc) is 2.71. The van der Waals surface area contributed by atoms with Gasteiger partial charge in [-0.1, -0.05) is 25.3 Å². The molecule has 0 aromatic heterocycles. The van der Waals surface area contributed by atoms with E-state index in [9.17, 15) is 18.7 Å².